The molecular formula is C28H34N2O5. The Bertz CT molecular complexity index is 1020. The molecule has 0 aromatic heterocycles. The van der Waals surface area contributed by atoms with Gasteiger partial charge in [-0.15, -0.1) is 0 Å². The summed E-state index contributed by atoms with van der Waals surface area (Å²) in [5, 5.41) is 14.9. The van der Waals surface area contributed by atoms with Gasteiger partial charge in [0.2, 0.25) is 5.91 Å². The number of carboxylic acids is 1. The number of aliphatic carboxylic acids is 1. The third-order valence-corrected chi connectivity index (χ3v) is 7.10. The summed E-state index contributed by atoms with van der Waals surface area (Å²) < 4.78 is 5.65. The Kier molecular flexibility index (Phi) is 8.06. The van der Waals surface area contributed by atoms with Gasteiger partial charge in [-0.05, 0) is 53.9 Å². The van der Waals surface area contributed by atoms with Gasteiger partial charge in [0, 0.05) is 24.4 Å². The normalized spacial score (nSPS) is 19.5. The maximum absolute atomic E-state index is 12.6. The van der Waals surface area contributed by atoms with E-state index in [0.29, 0.717) is 12.8 Å². The van der Waals surface area contributed by atoms with Crippen molar-refractivity contribution in [1.82, 2.24) is 10.6 Å². The van der Waals surface area contributed by atoms with Gasteiger partial charge in [0.15, 0.2) is 0 Å². The average Bonchev–Trinajstić information content (AvgIpc) is 3.39. The number of nitrogens with one attached hydrogen (secondary N) is 2. The Morgan fingerprint density at radius 1 is 1.03 bits per heavy atom. The lowest BCUT2D eigenvalue weighted by atomic mass is 9.98. The van der Waals surface area contributed by atoms with Gasteiger partial charge in [-0.25, -0.2) is 4.79 Å². The summed E-state index contributed by atoms with van der Waals surface area (Å²) in [7, 11) is 0. The molecule has 2 aliphatic carbocycles. The van der Waals surface area contributed by atoms with Crippen LogP contribution in [0, 0.1) is 5.92 Å². The molecule has 2 unspecified atom stereocenters. The van der Waals surface area contributed by atoms with Crippen molar-refractivity contribution in [3.05, 3.63) is 59.7 Å². The molecule has 1 saturated carbocycles. The topological polar surface area (TPSA) is 105 Å². The molecule has 2 aromatic carbocycles. The number of carbonyl (C=O) groups excluding carboxylic acids is 2. The lowest BCUT2D eigenvalue weighted by Gasteiger charge is -2.18. The van der Waals surface area contributed by atoms with Crippen LogP contribution in [0.1, 0.15) is 68.9 Å². The second kappa shape index (κ2) is 11.4. The predicted molar refractivity (Wildman–Crippen MR) is 133 cm³/mol. The van der Waals surface area contributed by atoms with Crippen LogP contribution in [0.3, 0.4) is 0 Å². The largest absolute Gasteiger partial charge is 0.481 e. The summed E-state index contributed by atoms with van der Waals surface area (Å²) in [5.41, 5.74) is 4.74. The quantitative estimate of drug-likeness (QED) is 0.453. The van der Waals surface area contributed by atoms with Crippen molar-refractivity contribution in [2.24, 2.45) is 5.92 Å². The van der Waals surface area contributed by atoms with Crippen molar-refractivity contribution in [3.8, 4) is 11.1 Å². The first-order valence-electron chi connectivity index (χ1n) is 12.6. The zero-order chi connectivity index (χ0) is 24.8. The Labute approximate surface area is 206 Å². The second-order valence-electron chi connectivity index (χ2n) is 9.70. The third-order valence-electron chi connectivity index (χ3n) is 7.10. The maximum atomic E-state index is 12.6. The molecular weight excluding hydrogens is 444 g/mol. The summed E-state index contributed by atoms with van der Waals surface area (Å²) in [6.45, 7) is 2.25. The Balaban J connectivity index is 1.24. The van der Waals surface area contributed by atoms with Crippen molar-refractivity contribution >= 4 is 18.0 Å². The van der Waals surface area contributed by atoms with E-state index in [0.717, 1.165) is 25.7 Å². The van der Waals surface area contributed by atoms with Gasteiger partial charge >= 0.3 is 12.1 Å². The zero-order valence-electron chi connectivity index (χ0n) is 20.2. The SMILES string of the molecule is CCC[C@H](CC(=O)O)NC(=O)CC1CCC(NC(=O)OCC2c3ccccc3-c3ccccc32)C1. The number of benzene rings is 2. The molecule has 0 spiro atoms. The zero-order valence-corrected chi connectivity index (χ0v) is 20.2. The molecule has 3 N–H and O–H groups in total. The summed E-state index contributed by atoms with van der Waals surface area (Å²) in [5.74, 6) is -0.829. The molecule has 2 aromatic rings. The second-order valence-corrected chi connectivity index (χ2v) is 9.70. The van der Waals surface area contributed by atoms with Crippen molar-refractivity contribution < 1.29 is 24.2 Å². The van der Waals surface area contributed by atoms with E-state index in [1.54, 1.807) is 0 Å². The van der Waals surface area contributed by atoms with Crippen molar-refractivity contribution in [2.45, 2.75) is 69.9 Å². The molecule has 0 saturated heterocycles. The first-order chi connectivity index (χ1) is 16.9. The first-order valence-corrected chi connectivity index (χ1v) is 12.6. The van der Waals surface area contributed by atoms with Gasteiger partial charge in [0.05, 0.1) is 6.42 Å². The van der Waals surface area contributed by atoms with Crippen LogP contribution in [0.4, 0.5) is 4.79 Å². The number of rotatable bonds is 10. The average molecular weight is 479 g/mol. The highest BCUT2D eigenvalue weighted by atomic mass is 16.5. The van der Waals surface area contributed by atoms with E-state index in [9.17, 15) is 14.4 Å². The van der Waals surface area contributed by atoms with E-state index >= 15 is 0 Å². The van der Waals surface area contributed by atoms with Crippen LogP contribution in [-0.4, -0.2) is 41.8 Å². The van der Waals surface area contributed by atoms with Crippen LogP contribution in [0.5, 0.6) is 0 Å². The number of ether oxygens (including phenoxy) is 1. The van der Waals surface area contributed by atoms with Crippen LogP contribution in [-0.2, 0) is 14.3 Å². The van der Waals surface area contributed by atoms with Crippen LogP contribution >= 0.6 is 0 Å². The highest BCUT2D eigenvalue weighted by Gasteiger charge is 2.31. The first kappa shape index (κ1) is 24.8. The number of carbonyl (C=O) groups is 3. The molecule has 0 bridgehead atoms. The van der Waals surface area contributed by atoms with E-state index in [-0.39, 0.29) is 42.9 Å². The molecule has 2 amide bonds. The van der Waals surface area contributed by atoms with Crippen molar-refractivity contribution in [2.75, 3.05) is 6.61 Å². The molecule has 4 rings (SSSR count). The molecule has 7 nitrogen and oxygen atoms in total. The van der Waals surface area contributed by atoms with Gasteiger partial charge in [-0.3, -0.25) is 9.59 Å². The number of amides is 2. The Hall–Kier alpha value is -3.35. The summed E-state index contributed by atoms with van der Waals surface area (Å²) >= 11 is 0. The minimum absolute atomic E-state index is 0.0195. The highest BCUT2D eigenvalue weighted by molar-refractivity contribution is 5.79. The fourth-order valence-electron chi connectivity index (χ4n) is 5.53. The van der Waals surface area contributed by atoms with E-state index < -0.39 is 12.1 Å². The summed E-state index contributed by atoms with van der Waals surface area (Å²) in [4.78, 5) is 36.0. The van der Waals surface area contributed by atoms with E-state index in [4.69, 9.17) is 9.84 Å². The Morgan fingerprint density at radius 2 is 1.69 bits per heavy atom. The van der Waals surface area contributed by atoms with Gasteiger partial charge < -0.3 is 20.5 Å². The van der Waals surface area contributed by atoms with Crippen LogP contribution in [0.15, 0.2) is 48.5 Å². The predicted octanol–water partition coefficient (Wildman–Crippen LogP) is 4.84. The monoisotopic (exact) mass is 478 g/mol. The van der Waals surface area contributed by atoms with Crippen molar-refractivity contribution in [1.29, 1.82) is 0 Å². The number of hydrogen-bond donors (Lipinski definition) is 3. The number of carboxylic acid groups (broad SMARTS) is 1. The maximum Gasteiger partial charge on any atom is 0.407 e. The smallest absolute Gasteiger partial charge is 0.407 e. The van der Waals surface area contributed by atoms with Crippen molar-refractivity contribution in [3.63, 3.8) is 0 Å². The van der Waals surface area contributed by atoms with Gasteiger partial charge in [0.1, 0.15) is 6.61 Å². The number of fused-ring (bicyclic) bond motifs is 3. The molecule has 3 atom stereocenters. The fourth-order valence-corrected chi connectivity index (χ4v) is 5.53. The highest BCUT2D eigenvalue weighted by Crippen LogP contribution is 2.44. The third kappa shape index (κ3) is 6.21. The van der Waals surface area contributed by atoms with Crippen LogP contribution in [0.2, 0.25) is 0 Å². The van der Waals surface area contributed by atoms with Gasteiger partial charge in [-0.2, -0.15) is 0 Å². The van der Waals surface area contributed by atoms with E-state index in [1.165, 1.54) is 22.3 Å². The molecule has 0 heterocycles. The summed E-state index contributed by atoms with van der Waals surface area (Å²) in [6, 6.07) is 16.1. The molecule has 2 aliphatic rings. The Morgan fingerprint density at radius 3 is 2.31 bits per heavy atom. The van der Waals surface area contributed by atoms with Gasteiger partial charge in [-0.1, -0.05) is 61.9 Å². The molecule has 0 aliphatic heterocycles. The van der Waals surface area contributed by atoms with Gasteiger partial charge in [0.25, 0.3) is 0 Å². The molecule has 35 heavy (non-hydrogen) atoms. The fraction of sp³-hybridized carbons (Fsp3) is 0.464. The molecule has 186 valence electrons. The molecule has 0 radical (unpaired) electrons. The lowest BCUT2D eigenvalue weighted by molar-refractivity contribution is -0.137. The minimum atomic E-state index is -0.906. The van der Waals surface area contributed by atoms with E-state index in [1.807, 2.05) is 31.2 Å². The van der Waals surface area contributed by atoms with Crippen LogP contribution in [0.25, 0.3) is 11.1 Å². The molecule has 1 fully saturated rings. The van der Waals surface area contributed by atoms with Crippen LogP contribution < -0.4 is 10.6 Å². The standard InChI is InChI=1S/C28H34N2O5/c1-2-7-19(16-27(32)33)29-26(31)15-18-12-13-20(14-18)30-28(34)35-17-25-23-10-5-3-8-21(23)22-9-4-6-11-24(22)25/h3-6,8-11,18-20,25H,2,7,12-17H2,1H3,(H,29,31)(H,30,34)(H,32,33)/t18?,19-,20?/m1/s1. The van der Waals surface area contributed by atoms with E-state index in [2.05, 4.69) is 34.9 Å². The lowest BCUT2D eigenvalue weighted by Crippen LogP contribution is -2.37. The summed E-state index contributed by atoms with van der Waals surface area (Å²) in [6.07, 6.45) is 3.69. The minimum Gasteiger partial charge on any atom is -0.481 e. The number of alkyl carbamates (subject to hydrolysis) is 1. The molecule has 7 heteroatoms. The number of hydrogen-bond acceptors (Lipinski definition) is 4.